The highest BCUT2D eigenvalue weighted by atomic mass is 16.5. The normalized spacial score (nSPS) is 18.7. The van der Waals surface area contributed by atoms with E-state index in [9.17, 15) is 5.11 Å². The van der Waals surface area contributed by atoms with Gasteiger partial charge in [0.15, 0.2) is 0 Å². The summed E-state index contributed by atoms with van der Waals surface area (Å²) in [6.07, 6.45) is 3.19. The van der Waals surface area contributed by atoms with Crippen LogP contribution >= 0.6 is 0 Å². The molecule has 1 aliphatic heterocycles. The molecule has 0 aromatic heterocycles. The molecule has 1 fully saturated rings. The summed E-state index contributed by atoms with van der Waals surface area (Å²) in [5.41, 5.74) is 1.27. The van der Waals surface area contributed by atoms with Crippen molar-refractivity contribution in [2.75, 3.05) is 26.7 Å². The molecule has 0 bridgehead atoms. The molecule has 0 unspecified atom stereocenters. The van der Waals surface area contributed by atoms with Crippen LogP contribution in [-0.4, -0.2) is 36.8 Å². The summed E-state index contributed by atoms with van der Waals surface area (Å²) in [6, 6.07) is 18.3. The van der Waals surface area contributed by atoms with E-state index in [4.69, 9.17) is 4.74 Å². The minimum atomic E-state index is -0.893. The van der Waals surface area contributed by atoms with Crippen LogP contribution in [0, 0.1) is 0 Å². The number of likely N-dealkylation sites (tertiary alicyclic amines) is 1. The monoisotopic (exact) mass is 339 g/mol. The number of methoxy groups -OCH3 is 1. The van der Waals surface area contributed by atoms with Gasteiger partial charge in [0, 0.05) is 12.5 Å². The highest BCUT2D eigenvalue weighted by Crippen LogP contribution is 2.41. The molecule has 1 heterocycles. The lowest BCUT2D eigenvalue weighted by Gasteiger charge is -2.38. The van der Waals surface area contributed by atoms with Crippen LogP contribution in [0.5, 0.6) is 5.75 Å². The van der Waals surface area contributed by atoms with Crippen molar-refractivity contribution in [1.29, 1.82) is 0 Å². The van der Waals surface area contributed by atoms with Crippen molar-refractivity contribution < 1.29 is 9.84 Å². The number of nitrogens with zero attached hydrogens (tertiary/aromatic N) is 1. The van der Waals surface area contributed by atoms with Crippen molar-refractivity contribution in [3.63, 3.8) is 0 Å². The lowest BCUT2D eigenvalue weighted by atomic mass is 9.75. The first kappa shape index (κ1) is 18.0. The zero-order valence-corrected chi connectivity index (χ0v) is 15.3. The van der Waals surface area contributed by atoms with Crippen molar-refractivity contribution >= 4 is 0 Å². The van der Waals surface area contributed by atoms with E-state index in [1.165, 1.54) is 18.4 Å². The predicted molar refractivity (Wildman–Crippen MR) is 102 cm³/mol. The molecule has 3 rings (SSSR count). The summed E-state index contributed by atoms with van der Waals surface area (Å²) >= 11 is 0. The average molecular weight is 339 g/mol. The fraction of sp³-hybridized carbons (Fsp3) is 0.455. The number of hydrogen-bond acceptors (Lipinski definition) is 3. The van der Waals surface area contributed by atoms with Crippen LogP contribution in [0.2, 0.25) is 0 Å². The van der Waals surface area contributed by atoms with Crippen LogP contribution in [0.25, 0.3) is 0 Å². The zero-order chi connectivity index (χ0) is 17.7. The highest BCUT2D eigenvalue weighted by molar-refractivity contribution is 5.35. The summed E-state index contributed by atoms with van der Waals surface area (Å²) < 4.78 is 5.28. The lowest BCUT2D eigenvalue weighted by Crippen LogP contribution is -2.40. The first-order valence-electron chi connectivity index (χ1n) is 9.31. The van der Waals surface area contributed by atoms with Crippen molar-refractivity contribution in [2.45, 2.75) is 37.7 Å². The molecule has 1 N–H and O–H groups in total. The minimum absolute atomic E-state index is 0.0465. The maximum Gasteiger partial charge on any atom is 0.118 e. The number of aliphatic hydroxyl groups is 1. The summed E-state index contributed by atoms with van der Waals surface area (Å²) in [4.78, 5) is 2.49. The predicted octanol–water partition coefficient (Wildman–Crippen LogP) is 4.17. The van der Waals surface area contributed by atoms with Crippen molar-refractivity contribution in [1.82, 2.24) is 4.90 Å². The molecule has 3 nitrogen and oxygen atoms in total. The van der Waals surface area contributed by atoms with Gasteiger partial charge in [-0.15, -0.1) is 0 Å². The second kappa shape index (κ2) is 8.03. The van der Waals surface area contributed by atoms with E-state index in [2.05, 4.69) is 36.1 Å². The minimum Gasteiger partial charge on any atom is -0.497 e. The molecule has 1 aliphatic rings. The SMILES string of the molecule is CC[C@](O)(c1ccc(OC)cc1)[C@@H](CN1CCCC1)c1ccccc1. The second-order valence-corrected chi connectivity index (χ2v) is 6.98. The molecule has 2 aromatic carbocycles. The van der Waals surface area contributed by atoms with Gasteiger partial charge in [-0.3, -0.25) is 0 Å². The first-order valence-corrected chi connectivity index (χ1v) is 9.31. The molecule has 0 aliphatic carbocycles. The fourth-order valence-corrected chi connectivity index (χ4v) is 3.97. The third-order valence-corrected chi connectivity index (χ3v) is 5.55. The second-order valence-electron chi connectivity index (χ2n) is 6.98. The summed E-state index contributed by atoms with van der Waals surface area (Å²) in [7, 11) is 1.67. The zero-order valence-electron chi connectivity index (χ0n) is 15.3. The molecule has 134 valence electrons. The van der Waals surface area contributed by atoms with Crippen LogP contribution in [0.15, 0.2) is 54.6 Å². The van der Waals surface area contributed by atoms with E-state index < -0.39 is 5.60 Å². The number of hydrogen-bond donors (Lipinski definition) is 1. The molecule has 0 radical (unpaired) electrons. The quantitative estimate of drug-likeness (QED) is 0.822. The van der Waals surface area contributed by atoms with E-state index in [1.807, 2.05) is 30.3 Å². The van der Waals surface area contributed by atoms with Gasteiger partial charge in [0.1, 0.15) is 5.75 Å². The van der Waals surface area contributed by atoms with Gasteiger partial charge in [-0.05, 0) is 55.6 Å². The summed E-state index contributed by atoms with van der Waals surface area (Å²) in [5, 5.41) is 11.8. The largest absolute Gasteiger partial charge is 0.497 e. The average Bonchev–Trinajstić information content (AvgIpc) is 3.19. The molecule has 0 spiro atoms. The van der Waals surface area contributed by atoms with Gasteiger partial charge in [-0.1, -0.05) is 49.4 Å². The van der Waals surface area contributed by atoms with Gasteiger partial charge in [0.05, 0.1) is 12.7 Å². The molecular weight excluding hydrogens is 310 g/mol. The van der Waals surface area contributed by atoms with Crippen LogP contribution in [-0.2, 0) is 5.60 Å². The molecule has 25 heavy (non-hydrogen) atoms. The summed E-state index contributed by atoms with van der Waals surface area (Å²) in [5.74, 6) is 0.864. The first-order chi connectivity index (χ1) is 12.2. The van der Waals surface area contributed by atoms with E-state index in [0.717, 1.165) is 30.9 Å². The van der Waals surface area contributed by atoms with E-state index in [0.29, 0.717) is 6.42 Å². The van der Waals surface area contributed by atoms with E-state index in [1.54, 1.807) is 7.11 Å². The number of ether oxygens (including phenoxy) is 1. The Bertz CT molecular complexity index is 649. The smallest absolute Gasteiger partial charge is 0.118 e. The van der Waals surface area contributed by atoms with Gasteiger partial charge in [0.2, 0.25) is 0 Å². The van der Waals surface area contributed by atoms with E-state index >= 15 is 0 Å². The summed E-state index contributed by atoms with van der Waals surface area (Å²) in [6.45, 7) is 5.22. The van der Waals surface area contributed by atoms with Crippen molar-refractivity contribution in [3.8, 4) is 5.75 Å². The Morgan fingerprint density at radius 1 is 1.04 bits per heavy atom. The lowest BCUT2D eigenvalue weighted by molar-refractivity contribution is -0.00677. The number of rotatable bonds is 7. The molecule has 2 atom stereocenters. The van der Waals surface area contributed by atoms with Gasteiger partial charge in [-0.2, -0.15) is 0 Å². The van der Waals surface area contributed by atoms with Crippen LogP contribution < -0.4 is 4.74 Å². The molecule has 3 heteroatoms. The van der Waals surface area contributed by atoms with Crippen molar-refractivity contribution in [3.05, 3.63) is 65.7 Å². The van der Waals surface area contributed by atoms with E-state index in [-0.39, 0.29) is 5.92 Å². The maximum absolute atomic E-state index is 11.8. The third-order valence-electron chi connectivity index (χ3n) is 5.55. The molecule has 2 aromatic rings. The molecular formula is C22H29NO2. The van der Waals surface area contributed by atoms with Gasteiger partial charge in [0.25, 0.3) is 0 Å². The number of benzene rings is 2. The molecule has 0 amide bonds. The van der Waals surface area contributed by atoms with Gasteiger partial charge >= 0.3 is 0 Å². The third kappa shape index (κ3) is 3.88. The van der Waals surface area contributed by atoms with Crippen molar-refractivity contribution in [2.24, 2.45) is 0 Å². The Labute approximate surface area is 151 Å². The Morgan fingerprint density at radius 3 is 2.24 bits per heavy atom. The molecule has 1 saturated heterocycles. The van der Waals surface area contributed by atoms with Gasteiger partial charge in [-0.25, -0.2) is 0 Å². The van der Waals surface area contributed by atoms with Crippen LogP contribution in [0.4, 0.5) is 0 Å². The Hall–Kier alpha value is -1.84. The highest BCUT2D eigenvalue weighted by Gasteiger charge is 2.39. The van der Waals surface area contributed by atoms with Crippen LogP contribution in [0.3, 0.4) is 0 Å². The fourth-order valence-electron chi connectivity index (χ4n) is 3.97. The molecule has 0 saturated carbocycles. The van der Waals surface area contributed by atoms with Crippen LogP contribution in [0.1, 0.15) is 43.2 Å². The Kier molecular flexibility index (Phi) is 5.77. The Morgan fingerprint density at radius 2 is 1.68 bits per heavy atom. The topological polar surface area (TPSA) is 32.7 Å². The maximum atomic E-state index is 11.8. The standard InChI is InChI=1S/C22H29NO2/c1-3-22(24,19-11-13-20(25-2)14-12-19)21(17-23-15-7-8-16-23)18-9-5-4-6-10-18/h4-6,9-14,21,24H,3,7-8,15-17H2,1-2H3/t21-,22-/m0/s1. The Balaban J connectivity index is 1.97. The van der Waals surface area contributed by atoms with Gasteiger partial charge < -0.3 is 14.7 Å².